The third-order valence-electron chi connectivity index (χ3n) is 3.14. The van der Waals surface area contributed by atoms with Gasteiger partial charge < -0.3 is 24.8 Å². The molecule has 7 nitrogen and oxygen atoms in total. The van der Waals surface area contributed by atoms with Crippen LogP contribution in [0.4, 0.5) is 0 Å². The van der Waals surface area contributed by atoms with Gasteiger partial charge in [0.2, 0.25) is 12.3 Å². The smallest absolute Gasteiger partial charge is 0.244 e. The molecular formula is C13H16N2O5. The third-order valence-corrected chi connectivity index (χ3v) is 3.14. The van der Waals surface area contributed by atoms with Gasteiger partial charge in [0.15, 0.2) is 0 Å². The molecule has 2 atom stereocenters. The number of rotatable bonds is 6. The van der Waals surface area contributed by atoms with Crippen molar-refractivity contribution in [2.75, 3.05) is 20.8 Å². The Hall–Kier alpha value is -2.44. The normalized spacial score (nSPS) is 20.8. The Balaban J connectivity index is 2.14. The van der Waals surface area contributed by atoms with Crippen molar-refractivity contribution < 1.29 is 23.8 Å². The van der Waals surface area contributed by atoms with Crippen LogP contribution in [-0.4, -0.2) is 50.1 Å². The molecule has 2 amide bonds. The minimum absolute atomic E-state index is 0.316. The average molecular weight is 280 g/mol. The molecule has 7 heteroatoms. The molecule has 1 heterocycles. The Labute approximate surface area is 116 Å². The molecule has 1 aromatic carbocycles. The summed E-state index contributed by atoms with van der Waals surface area (Å²) in [6, 6.07) is 4.30. The van der Waals surface area contributed by atoms with Crippen LogP contribution in [0, 0.1) is 0 Å². The van der Waals surface area contributed by atoms with Gasteiger partial charge in [0.25, 0.3) is 0 Å². The van der Waals surface area contributed by atoms with Crippen molar-refractivity contribution >= 4 is 12.3 Å². The second-order valence-electron chi connectivity index (χ2n) is 4.35. The highest BCUT2D eigenvalue weighted by Crippen LogP contribution is 2.30. The Kier molecular flexibility index (Phi) is 3.97. The van der Waals surface area contributed by atoms with Crippen LogP contribution >= 0.6 is 0 Å². The summed E-state index contributed by atoms with van der Waals surface area (Å²) in [6.07, 6.45) is 0.121. The highest BCUT2D eigenvalue weighted by molar-refractivity contribution is 5.84. The summed E-state index contributed by atoms with van der Waals surface area (Å²) in [5.74, 6) is 1.04. The van der Waals surface area contributed by atoms with E-state index in [4.69, 9.17) is 19.9 Å². The van der Waals surface area contributed by atoms with E-state index in [9.17, 15) is 9.59 Å². The first-order valence-corrected chi connectivity index (χ1v) is 5.99. The Morgan fingerprint density at radius 3 is 2.25 bits per heavy atom. The summed E-state index contributed by atoms with van der Waals surface area (Å²) in [5.41, 5.74) is 5.25. The van der Waals surface area contributed by atoms with E-state index in [0.29, 0.717) is 30.2 Å². The van der Waals surface area contributed by atoms with E-state index >= 15 is 0 Å². The lowest BCUT2D eigenvalue weighted by Gasteiger charge is -2.43. The maximum absolute atomic E-state index is 11.3. The first-order chi connectivity index (χ1) is 9.58. The Morgan fingerprint density at radius 1 is 1.25 bits per heavy atom. The van der Waals surface area contributed by atoms with Crippen LogP contribution in [0.25, 0.3) is 0 Å². The summed E-state index contributed by atoms with van der Waals surface area (Å²) < 4.78 is 15.9. The lowest BCUT2D eigenvalue weighted by Crippen LogP contribution is -2.66. The van der Waals surface area contributed by atoms with Gasteiger partial charge in [-0.25, -0.2) is 0 Å². The van der Waals surface area contributed by atoms with Crippen molar-refractivity contribution in [1.82, 2.24) is 4.90 Å². The van der Waals surface area contributed by atoms with Crippen LogP contribution in [0.15, 0.2) is 18.2 Å². The molecule has 2 rings (SSSR count). The molecule has 108 valence electrons. The lowest BCUT2D eigenvalue weighted by atomic mass is 9.99. The third kappa shape index (κ3) is 2.61. The molecular weight excluding hydrogens is 264 g/mol. The van der Waals surface area contributed by atoms with E-state index in [0.717, 1.165) is 0 Å². The zero-order valence-electron chi connectivity index (χ0n) is 11.2. The first kappa shape index (κ1) is 14.0. The van der Waals surface area contributed by atoms with Crippen molar-refractivity contribution in [3.05, 3.63) is 18.2 Å². The van der Waals surface area contributed by atoms with Crippen LogP contribution in [0.3, 0.4) is 0 Å². The summed E-state index contributed by atoms with van der Waals surface area (Å²) in [7, 11) is 3.06. The first-order valence-electron chi connectivity index (χ1n) is 5.99. The quantitative estimate of drug-likeness (QED) is 0.727. The molecule has 0 saturated carbocycles. The molecule has 0 spiro atoms. The van der Waals surface area contributed by atoms with Crippen LogP contribution in [0.2, 0.25) is 0 Å². The predicted molar refractivity (Wildman–Crippen MR) is 69.7 cm³/mol. The van der Waals surface area contributed by atoms with Gasteiger partial charge in [0.1, 0.15) is 29.4 Å². The monoisotopic (exact) mass is 280 g/mol. The molecule has 2 unspecified atom stereocenters. The number of methoxy groups -OCH3 is 2. The molecule has 0 bridgehead atoms. The van der Waals surface area contributed by atoms with Gasteiger partial charge in [-0.3, -0.25) is 9.59 Å². The number of hydrogen-bond donors (Lipinski definition) is 1. The van der Waals surface area contributed by atoms with Crippen molar-refractivity contribution in [1.29, 1.82) is 0 Å². The second-order valence-corrected chi connectivity index (χ2v) is 4.35. The van der Waals surface area contributed by atoms with Crippen molar-refractivity contribution in [3.63, 3.8) is 0 Å². The molecule has 1 aliphatic rings. The molecule has 1 aromatic rings. The molecule has 0 aliphatic carbocycles. The molecule has 1 fully saturated rings. The predicted octanol–water partition coefficient (Wildman–Crippen LogP) is -0.223. The molecule has 0 radical (unpaired) electrons. The molecule has 2 N–H and O–H groups in total. The van der Waals surface area contributed by atoms with Crippen LogP contribution in [0.1, 0.15) is 0 Å². The highest BCUT2D eigenvalue weighted by atomic mass is 16.5. The summed E-state index contributed by atoms with van der Waals surface area (Å²) in [4.78, 5) is 23.3. The molecule has 20 heavy (non-hydrogen) atoms. The topological polar surface area (TPSA) is 91.1 Å². The van der Waals surface area contributed by atoms with Gasteiger partial charge in [-0.15, -0.1) is 0 Å². The van der Waals surface area contributed by atoms with E-state index < -0.39 is 18.1 Å². The number of amides is 2. The minimum atomic E-state index is -0.746. The van der Waals surface area contributed by atoms with Gasteiger partial charge in [-0.2, -0.15) is 0 Å². The Bertz CT molecular complexity index is 497. The Morgan fingerprint density at radius 2 is 1.80 bits per heavy atom. The summed E-state index contributed by atoms with van der Waals surface area (Å²) in [6.45, 7) is 0.316. The van der Waals surface area contributed by atoms with Gasteiger partial charge in [-0.05, 0) is 0 Å². The molecule has 0 aromatic heterocycles. The zero-order valence-corrected chi connectivity index (χ0v) is 11.2. The SMILES string of the molecule is COc1cc(OC)cc(OC2CN(C=O)C2C(N)=O)c1. The number of nitrogens with two attached hydrogens (primary N) is 1. The number of carbonyl (C=O) groups is 2. The van der Waals surface area contributed by atoms with Gasteiger partial charge in [0, 0.05) is 18.2 Å². The lowest BCUT2D eigenvalue weighted by molar-refractivity contribution is -0.147. The summed E-state index contributed by atoms with van der Waals surface area (Å²) >= 11 is 0. The van der Waals surface area contributed by atoms with E-state index in [-0.39, 0.29) is 0 Å². The van der Waals surface area contributed by atoms with Gasteiger partial charge in [0.05, 0.1) is 20.8 Å². The van der Waals surface area contributed by atoms with Crippen molar-refractivity contribution in [2.24, 2.45) is 5.73 Å². The number of nitrogens with zero attached hydrogens (tertiary/aromatic N) is 1. The molecule has 1 aliphatic heterocycles. The van der Waals surface area contributed by atoms with Crippen LogP contribution < -0.4 is 19.9 Å². The van der Waals surface area contributed by atoms with Crippen LogP contribution in [-0.2, 0) is 9.59 Å². The van der Waals surface area contributed by atoms with E-state index in [1.807, 2.05) is 0 Å². The number of primary amides is 1. The van der Waals surface area contributed by atoms with Gasteiger partial charge >= 0.3 is 0 Å². The van der Waals surface area contributed by atoms with Crippen LogP contribution in [0.5, 0.6) is 17.2 Å². The number of hydrogen-bond acceptors (Lipinski definition) is 5. The second kappa shape index (κ2) is 5.68. The fourth-order valence-corrected chi connectivity index (χ4v) is 2.08. The minimum Gasteiger partial charge on any atom is -0.496 e. The largest absolute Gasteiger partial charge is 0.496 e. The van der Waals surface area contributed by atoms with Crippen molar-refractivity contribution in [2.45, 2.75) is 12.1 Å². The summed E-state index contributed by atoms with van der Waals surface area (Å²) in [5, 5.41) is 0. The number of benzene rings is 1. The van der Waals surface area contributed by atoms with E-state index in [1.165, 1.54) is 19.1 Å². The molecule has 1 saturated heterocycles. The van der Waals surface area contributed by atoms with E-state index in [2.05, 4.69) is 0 Å². The van der Waals surface area contributed by atoms with E-state index in [1.54, 1.807) is 18.2 Å². The zero-order chi connectivity index (χ0) is 14.7. The highest BCUT2D eigenvalue weighted by Gasteiger charge is 2.44. The number of ether oxygens (including phenoxy) is 3. The fourth-order valence-electron chi connectivity index (χ4n) is 2.08. The maximum atomic E-state index is 11.3. The maximum Gasteiger partial charge on any atom is 0.244 e. The fraction of sp³-hybridized carbons (Fsp3) is 0.385. The van der Waals surface area contributed by atoms with Crippen molar-refractivity contribution in [3.8, 4) is 17.2 Å². The standard InChI is InChI=1S/C13H16N2O5/c1-18-8-3-9(19-2)5-10(4-8)20-11-6-15(7-16)12(11)13(14)17/h3-5,7,11-12H,6H2,1-2H3,(H2,14,17). The number of carbonyl (C=O) groups excluding carboxylic acids is 2. The number of likely N-dealkylation sites (tertiary alicyclic amines) is 1. The van der Waals surface area contributed by atoms with Gasteiger partial charge in [-0.1, -0.05) is 0 Å². The average Bonchev–Trinajstić information content (AvgIpc) is 2.41.